The van der Waals surface area contributed by atoms with E-state index >= 15 is 0 Å². The van der Waals surface area contributed by atoms with Gasteiger partial charge in [-0.1, -0.05) is 43.6 Å². The highest BCUT2D eigenvalue weighted by molar-refractivity contribution is 8.00. The van der Waals surface area contributed by atoms with Gasteiger partial charge in [-0.05, 0) is 37.0 Å². The van der Waals surface area contributed by atoms with Crippen LogP contribution in [-0.2, 0) is 11.3 Å². The Kier molecular flexibility index (Phi) is 5.69. The standard InChI is InChI=1S/C18H22ClN3O2S/c1-11(2)10-22-17(24)13-9-12(19)6-7-14(13)21-18(22)25-15-5-3-4-8-20-16(15)23/h6-7,9,11,15H,3-5,8,10H2,1-2H3,(H,20,23)/t15-/m0/s1. The molecule has 0 saturated carbocycles. The predicted molar refractivity (Wildman–Crippen MR) is 102 cm³/mol. The number of rotatable bonds is 4. The number of nitrogens with zero attached hydrogens (tertiary/aromatic N) is 2. The third-order valence-corrected chi connectivity index (χ3v) is 5.65. The number of hydrogen-bond acceptors (Lipinski definition) is 4. The zero-order chi connectivity index (χ0) is 18.0. The van der Waals surface area contributed by atoms with Crippen molar-refractivity contribution in [1.29, 1.82) is 0 Å². The van der Waals surface area contributed by atoms with Gasteiger partial charge in [0, 0.05) is 18.1 Å². The highest BCUT2D eigenvalue weighted by Gasteiger charge is 2.25. The smallest absolute Gasteiger partial charge is 0.262 e. The lowest BCUT2D eigenvalue weighted by Crippen LogP contribution is -2.32. The van der Waals surface area contributed by atoms with Crippen LogP contribution in [0.25, 0.3) is 10.9 Å². The number of benzene rings is 1. The Morgan fingerprint density at radius 1 is 1.36 bits per heavy atom. The number of nitrogens with one attached hydrogen (secondary N) is 1. The van der Waals surface area contributed by atoms with Crippen molar-refractivity contribution < 1.29 is 4.79 Å². The minimum absolute atomic E-state index is 0.0315. The molecule has 1 aromatic heterocycles. The monoisotopic (exact) mass is 379 g/mol. The summed E-state index contributed by atoms with van der Waals surface area (Å²) >= 11 is 7.44. The third-order valence-electron chi connectivity index (χ3n) is 4.16. The molecule has 1 aromatic carbocycles. The van der Waals surface area contributed by atoms with Crippen molar-refractivity contribution in [2.24, 2.45) is 5.92 Å². The predicted octanol–water partition coefficient (Wildman–Crippen LogP) is 3.47. The summed E-state index contributed by atoms with van der Waals surface area (Å²) in [4.78, 5) is 29.9. The lowest BCUT2D eigenvalue weighted by atomic mass is 10.2. The second-order valence-electron chi connectivity index (χ2n) is 6.76. The number of aromatic nitrogens is 2. The van der Waals surface area contributed by atoms with Crippen molar-refractivity contribution in [3.05, 3.63) is 33.6 Å². The summed E-state index contributed by atoms with van der Waals surface area (Å²) in [6.07, 6.45) is 2.78. The van der Waals surface area contributed by atoms with Crippen molar-refractivity contribution >= 4 is 40.2 Å². The van der Waals surface area contributed by atoms with Crippen LogP contribution in [0.5, 0.6) is 0 Å². The summed E-state index contributed by atoms with van der Waals surface area (Å²) in [6, 6.07) is 5.15. The Hall–Kier alpha value is -1.53. The number of amides is 1. The quantitative estimate of drug-likeness (QED) is 0.826. The largest absolute Gasteiger partial charge is 0.355 e. The van der Waals surface area contributed by atoms with Gasteiger partial charge in [-0.15, -0.1) is 0 Å². The Balaban J connectivity index is 2.07. The maximum atomic E-state index is 13.0. The van der Waals surface area contributed by atoms with Gasteiger partial charge < -0.3 is 5.32 Å². The number of carbonyl (C=O) groups is 1. The van der Waals surface area contributed by atoms with Gasteiger partial charge in [-0.25, -0.2) is 4.98 Å². The van der Waals surface area contributed by atoms with Crippen LogP contribution in [0.2, 0.25) is 5.02 Å². The van der Waals surface area contributed by atoms with Gasteiger partial charge in [0.2, 0.25) is 5.91 Å². The van der Waals surface area contributed by atoms with Gasteiger partial charge in [0.15, 0.2) is 5.16 Å². The van der Waals surface area contributed by atoms with Crippen molar-refractivity contribution in [3.8, 4) is 0 Å². The average Bonchev–Trinajstić information content (AvgIpc) is 2.76. The number of halogens is 1. The molecule has 0 radical (unpaired) electrons. The van der Waals surface area contributed by atoms with Crippen LogP contribution in [-0.4, -0.2) is 27.3 Å². The molecule has 1 fully saturated rings. The summed E-state index contributed by atoms with van der Waals surface area (Å²) in [5.41, 5.74) is 0.517. The molecular formula is C18H22ClN3O2S. The van der Waals surface area contributed by atoms with Gasteiger partial charge in [0.05, 0.1) is 16.2 Å². The molecule has 1 aliphatic heterocycles. The van der Waals surface area contributed by atoms with Crippen LogP contribution in [0.1, 0.15) is 33.1 Å². The zero-order valence-electron chi connectivity index (χ0n) is 14.4. The van der Waals surface area contributed by atoms with E-state index in [1.807, 2.05) is 0 Å². The van der Waals surface area contributed by atoms with E-state index in [-0.39, 0.29) is 16.7 Å². The molecular weight excluding hydrogens is 358 g/mol. The molecule has 2 heterocycles. The Bertz CT molecular complexity index is 850. The van der Waals surface area contributed by atoms with Crippen LogP contribution in [0.3, 0.4) is 0 Å². The van der Waals surface area contributed by atoms with Crippen LogP contribution in [0, 0.1) is 5.92 Å². The van der Waals surface area contributed by atoms with Crippen molar-refractivity contribution in [2.45, 2.75) is 50.1 Å². The first-order valence-electron chi connectivity index (χ1n) is 8.60. The second kappa shape index (κ2) is 7.79. The first-order chi connectivity index (χ1) is 12.0. The van der Waals surface area contributed by atoms with Gasteiger partial charge in [-0.2, -0.15) is 0 Å². The first-order valence-corrected chi connectivity index (χ1v) is 9.86. The van der Waals surface area contributed by atoms with E-state index in [1.165, 1.54) is 11.8 Å². The minimum Gasteiger partial charge on any atom is -0.355 e. The Morgan fingerprint density at radius 2 is 2.16 bits per heavy atom. The summed E-state index contributed by atoms with van der Waals surface area (Å²) in [5.74, 6) is 0.322. The average molecular weight is 380 g/mol. The highest BCUT2D eigenvalue weighted by Crippen LogP contribution is 2.28. The van der Waals surface area contributed by atoms with E-state index in [1.54, 1.807) is 22.8 Å². The molecule has 0 bridgehead atoms. The summed E-state index contributed by atoms with van der Waals surface area (Å²) in [6.45, 7) is 5.39. The molecule has 0 unspecified atom stereocenters. The number of hydrogen-bond donors (Lipinski definition) is 1. The van der Waals surface area contributed by atoms with Crippen LogP contribution < -0.4 is 10.9 Å². The van der Waals surface area contributed by atoms with Gasteiger partial charge in [0.1, 0.15) is 0 Å². The molecule has 1 amide bonds. The number of fused-ring (bicyclic) bond motifs is 1. The molecule has 2 aromatic rings. The Labute approximate surface area is 156 Å². The van der Waals surface area contributed by atoms with Crippen LogP contribution >= 0.6 is 23.4 Å². The van der Waals surface area contributed by atoms with Crippen LogP contribution in [0.4, 0.5) is 0 Å². The summed E-state index contributed by atoms with van der Waals surface area (Å²) in [5, 5.41) is 4.37. The van der Waals surface area contributed by atoms with E-state index in [2.05, 4.69) is 24.1 Å². The normalized spacial score (nSPS) is 18.4. The van der Waals surface area contributed by atoms with Gasteiger partial charge >= 0.3 is 0 Å². The zero-order valence-corrected chi connectivity index (χ0v) is 16.0. The molecule has 1 atom stereocenters. The van der Waals surface area contributed by atoms with E-state index in [0.29, 0.717) is 33.5 Å². The lowest BCUT2D eigenvalue weighted by Gasteiger charge is -2.18. The van der Waals surface area contributed by atoms with Crippen molar-refractivity contribution in [2.75, 3.05) is 6.54 Å². The number of carbonyl (C=O) groups excluding carboxylic acids is 1. The fourth-order valence-corrected chi connectivity index (χ4v) is 4.28. The first kappa shape index (κ1) is 18.3. The molecule has 1 N–H and O–H groups in total. The molecule has 0 aliphatic carbocycles. The van der Waals surface area contributed by atoms with Gasteiger partial charge in [-0.3, -0.25) is 14.2 Å². The van der Waals surface area contributed by atoms with E-state index in [9.17, 15) is 9.59 Å². The second-order valence-corrected chi connectivity index (χ2v) is 8.37. The molecule has 0 spiro atoms. The molecule has 134 valence electrons. The maximum absolute atomic E-state index is 13.0. The fourth-order valence-electron chi connectivity index (χ4n) is 2.94. The maximum Gasteiger partial charge on any atom is 0.262 e. The minimum atomic E-state index is -0.211. The summed E-state index contributed by atoms with van der Waals surface area (Å²) in [7, 11) is 0. The molecule has 7 heteroatoms. The summed E-state index contributed by atoms with van der Waals surface area (Å²) < 4.78 is 1.69. The number of thioether (sulfide) groups is 1. The van der Waals surface area contributed by atoms with E-state index in [0.717, 1.165) is 25.8 Å². The van der Waals surface area contributed by atoms with Crippen LogP contribution in [0.15, 0.2) is 28.2 Å². The molecule has 5 nitrogen and oxygen atoms in total. The lowest BCUT2D eigenvalue weighted by molar-refractivity contribution is -0.120. The van der Waals surface area contributed by atoms with E-state index in [4.69, 9.17) is 11.6 Å². The molecule has 25 heavy (non-hydrogen) atoms. The van der Waals surface area contributed by atoms with Crippen molar-refractivity contribution in [1.82, 2.24) is 14.9 Å². The van der Waals surface area contributed by atoms with Gasteiger partial charge in [0.25, 0.3) is 5.56 Å². The SMILES string of the molecule is CC(C)Cn1c(S[C@H]2CCCCNC2=O)nc2ccc(Cl)cc2c1=O. The highest BCUT2D eigenvalue weighted by atomic mass is 35.5. The third kappa shape index (κ3) is 4.18. The Morgan fingerprint density at radius 3 is 2.92 bits per heavy atom. The molecule has 1 aliphatic rings. The van der Waals surface area contributed by atoms with Crippen molar-refractivity contribution in [3.63, 3.8) is 0 Å². The van der Waals surface area contributed by atoms with E-state index < -0.39 is 0 Å². The topological polar surface area (TPSA) is 64.0 Å². The molecule has 1 saturated heterocycles. The fraction of sp³-hybridized carbons (Fsp3) is 0.500. The molecule has 3 rings (SSSR count).